The van der Waals surface area contributed by atoms with E-state index in [9.17, 15) is 0 Å². The Bertz CT molecular complexity index is 704. The second-order valence-corrected chi connectivity index (χ2v) is 7.62. The van der Waals surface area contributed by atoms with E-state index >= 15 is 0 Å². The Balaban J connectivity index is 2.60. The lowest BCUT2D eigenvalue weighted by atomic mass is 9.96. The summed E-state index contributed by atoms with van der Waals surface area (Å²) in [7, 11) is 0. The third kappa shape index (κ3) is 3.46. The van der Waals surface area contributed by atoms with Crippen molar-refractivity contribution in [2.24, 2.45) is 5.41 Å². The number of aromatic nitrogens is 4. The molecule has 0 N–H and O–H groups in total. The molecule has 1 heterocycles. The number of rotatable bonds is 4. The molecule has 0 atom stereocenters. The van der Waals surface area contributed by atoms with Crippen LogP contribution in [0.3, 0.4) is 0 Å². The smallest absolute Gasteiger partial charge is 0.218 e. The van der Waals surface area contributed by atoms with Crippen molar-refractivity contribution >= 4 is 12.2 Å². The molecule has 0 bridgehead atoms. The summed E-state index contributed by atoms with van der Waals surface area (Å²) in [5.41, 5.74) is 3.73. The summed E-state index contributed by atoms with van der Waals surface area (Å²) in [4.78, 5) is 0. The fourth-order valence-electron chi connectivity index (χ4n) is 2.58. The summed E-state index contributed by atoms with van der Waals surface area (Å²) in [6.07, 6.45) is 0.948. The lowest BCUT2D eigenvalue weighted by molar-refractivity contribution is 0.319. The maximum absolute atomic E-state index is 5.63. The summed E-state index contributed by atoms with van der Waals surface area (Å²) in [5, 5.41) is 8.63. The Morgan fingerprint density at radius 3 is 2.41 bits per heavy atom. The molecule has 0 saturated heterocycles. The normalized spacial score (nSPS) is 12.1. The average Bonchev–Trinajstić information content (AvgIpc) is 2.77. The van der Waals surface area contributed by atoms with Gasteiger partial charge in [-0.05, 0) is 51.5 Å². The van der Waals surface area contributed by atoms with Crippen LogP contribution in [0.4, 0.5) is 0 Å². The fraction of sp³-hybridized carbons (Fsp3) is 0.588. The van der Waals surface area contributed by atoms with E-state index in [1.54, 1.807) is 0 Å². The molecule has 0 spiro atoms. The van der Waals surface area contributed by atoms with Gasteiger partial charge < -0.3 is 0 Å². The van der Waals surface area contributed by atoms with Gasteiger partial charge in [0.15, 0.2) is 0 Å². The molecule has 0 aliphatic rings. The molecule has 5 heteroatoms. The van der Waals surface area contributed by atoms with Crippen molar-refractivity contribution in [3.63, 3.8) is 0 Å². The molecule has 2 rings (SSSR count). The zero-order valence-electron chi connectivity index (χ0n) is 14.4. The number of hydrogen-bond acceptors (Lipinski definition) is 3. The van der Waals surface area contributed by atoms with Crippen LogP contribution < -0.4 is 0 Å². The van der Waals surface area contributed by atoms with Crippen molar-refractivity contribution in [3.8, 4) is 5.69 Å². The first kappa shape index (κ1) is 16.9. The van der Waals surface area contributed by atoms with Crippen LogP contribution in [0.25, 0.3) is 5.69 Å². The van der Waals surface area contributed by atoms with E-state index in [4.69, 9.17) is 12.2 Å². The Kier molecular flexibility index (Phi) is 4.85. The van der Waals surface area contributed by atoms with Crippen molar-refractivity contribution in [3.05, 3.63) is 34.1 Å². The maximum Gasteiger partial charge on any atom is 0.220 e. The highest BCUT2D eigenvalue weighted by atomic mass is 32.1. The fourth-order valence-corrected chi connectivity index (χ4v) is 2.81. The summed E-state index contributed by atoms with van der Waals surface area (Å²) in [5.74, 6) is 0.413. The maximum atomic E-state index is 5.63. The molecule has 0 unspecified atom stereocenters. The van der Waals surface area contributed by atoms with Gasteiger partial charge in [0.1, 0.15) is 0 Å². The van der Waals surface area contributed by atoms with E-state index in [2.05, 4.69) is 70.2 Å². The molecule has 0 fully saturated rings. The third-order valence-electron chi connectivity index (χ3n) is 3.63. The van der Waals surface area contributed by atoms with E-state index < -0.39 is 0 Å². The highest BCUT2D eigenvalue weighted by Gasteiger charge is 2.18. The Hall–Kier alpha value is -1.49. The van der Waals surface area contributed by atoms with E-state index in [1.165, 1.54) is 11.1 Å². The van der Waals surface area contributed by atoms with Gasteiger partial charge in [-0.25, -0.2) is 4.68 Å². The monoisotopic (exact) mass is 318 g/mol. The number of nitrogens with zero attached hydrogens (tertiary/aromatic N) is 4. The average molecular weight is 318 g/mol. The minimum Gasteiger partial charge on any atom is -0.218 e. The lowest BCUT2D eigenvalue weighted by Crippen LogP contribution is -2.17. The van der Waals surface area contributed by atoms with Crippen LogP contribution in [-0.4, -0.2) is 19.8 Å². The summed E-state index contributed by atoms with van der Waals surface area (Å²) in [6, 6.07) is 6.41. The lowest BCUT2D eigenvalue weighted by Gasteiger charge is -2.17. The predicted octanol–water partition coefficient (Wildman–Crippen LogP) is 4.53. The first-order valence-electron chi connectivity index (χ1n) is 7.89. The van der Waals surface area contributed by atoms with Gasteiger partial charge in [-0.2, -0.15) is 4.68 Å². The van der Waals surface area contributed by atoms with Crippen molar-refractivity contribution < 1.29 is 0 Å². The molecule has 22 heavy (non-hydrogen) atoms. The van der Waals surface area contributed by atoms with Crippen molar-refractivity contribution in [2.45, 2.75) is 60.4 Å². The molecular formula is C17H26N4S. The van der Waals surface area contributed by atoms with E-state index in [0.717, 1.165) is 18.7 Å². The van der Waals surface area contributed by atoms with Crippen molar-refractivity contribution in [2.75, 3.05) is 0 Å². The number of benzene rings is 1. The molecule has 4 nitrogen and oxygen atoms in total. The van der Waals surface area contributed by atoms with E-state index in [0.29, 0.717) is 10.7 Å². The Morgan fingerprint density at radius 2 is 1.86 bits per heavy atom. The number of para-hydroxylation sites is 1. The van der Waals surface area contributed by atoms with Gasteiger partial charge in [0.25, 0.3) is 0 Å². The largest absolute Gasteiger partial charge is 0.220 e. The molecule has 2 aromatic rings. The summed E-state index contributed by atoms with van der Waals surface area (Å²) in [6.45, 7) is 13.8. The van der Waals surface area contributed by atoms with Crippen LogP contribution in [0.2, 0.25) is 0 Å². The van der Waals surface area contributed by atoms with Gasteiger partial charge in [-0.15, -0.1) is 0 Å². The number of tetrazole rings is 1. The molecule has 0 saturated carbocycles. The zero-order valence-corrected chi connectivity index (χ0v) is 15.2. The van der Waals surface area contributed by atoms with Crippen molar-refractivity contribution in [1.82, 2.24) is 19.8 Å². The second-order valence-electron chi connectivity index (χ2n) is 7.25. The highest BCUT2D eigenvalue weighted by molar-refractivity contribution is 7.71. The van der Waals surface area contributed by atoms with Crippen molar-refractivity contribution in [1.29, 1.82) is 0 Å². The van der Waals surface area contributed by atoms with Gasteiger partial charge >= 0.3 is 0 Å². The van der Waals surface area contributed by atoms with E-state index in [1.807, 2.05) is 9.36 Å². The highest BCUT2D eigenvalue weighted by Crippen LogP contribution is 2.27. The molecule has 120 valence electrons. The van der Waals surface area contributed by atoms with Gasteiger partial charge in [-0.3, -0.25) is 0 Å². The van der Waals surface area contributed by atoms with Crippen LogP contribution in [0.5, 0.6) is 0 Å². The first-order chi connectivity index (χ1) is 10.2. The topological polar surface area (TPSA) is 35.6 Å². The van der Waals surface area contributed by atoms with Gasteiger partial charge in [0.2, 0.25) is 4.77 Å². The molecule has 1 aromatic heterocycles. The van der Waals surface area contributed by atoms with E-state index in [-0.39, 0.29) is 5.41 Å². The van der Waals surface area contributed by atoms with Crippen LogP contribution >= 0.6 is 12.2 Å². The molecule has 1 aromatic carbocycles. The molecule has 0 aliphatic heterocycles. The standard InChI is InChI=1S/C17H26N4S/c1-7-13-9-8-10-14(12(2)3)15(13)21-16(22)20(18-19-21)11-17(4,5)6/h8-10,12H,7,11H2,1-6H3. The quantitative estimate of drug-likeness (QED) is 0.777. The third-order valence-corrected chi connectivity index (χ3v) is 4.01. The molecule has 0 amide bonds. The Labute approximate surface area is 138 Å². The first-order valence-corrected chi connectivity index (χ1v) is 8.30. The van der Waals surface area contributed by atoms with Crippen LogP contribution in [0.15, 0.2) is 18.2 Å². The van der Waals surface area contributed by atoms with Crippen LogP contribution in [-0.2, 0) is 13.0 Å². The number of aryl methyl sites for hydroxylation is 1. The summed E-state index contributed by atoms with van der Waals surface area (Å²) < 4.78 is 4.32. The van der Waals surface area contributed by atoms with Crippen LogP contribution in [0, 0.1) is 10.2 Å². The minimum absolute atomic E-state index is 0.115. The van der Waals surface area contributed by atoms with Crippen LogP contribution in [0.1, 0.15) is 58.6 Å². The predicted molar refractivity (Wildman–Crippen MR) is 93.1 cm³/mol. The molecular weight excluding hydrogens is 292 g/mol. The summed E-state index contributed by atoms with van der Waals surface area (Å²) >= 11 is 5.63. The number of hydrogen-bond donors (Lipinski definition) is 0. The minimum atomic E-state index is 0.115. The Morgan fingerprint density at radius 1 is 1.18 bits per heavy atom. The molecule has 0 radical (unpaired) electrons. The second kappa shape index (κ2) is 6.32. The van der Waals surface area contributed by atoms with Gasteiger partial charge in [-0.1, -0.05) is 59.7 Å². The van der Waals surface area contributed by atoms with Gasteiger partial charge in [0, 0.05) is 0 Å². The molecule has 0 aliphatic carbocycles. The van der Waals surface area contributed by atoms with Gasteiger partial charge in [0.05, 0.1) is 12.2 Å². The zero-order chi connectivity index (χ0) is 16.5. The SMILES string of the molecule is CCc1cccc(C(C)C)c1-n1nnn(CC(C)(C)C)c1=S.